The first-order valence-corrected chi connectivity index (χ1v) is 19.3. The van der Waals surface area contributed by atoms with Gasteiger partial charge in [0.1, 0.15) is 0 Å². The summed E-state index contributed by atoms with van der Waals surface area (Å²) in [4.78, 5) is 30.2. The fourth-order valence-corrected chi connectivity index (χ4v) is 5.96. The largest absolute Gasteiger partial charge is 0.466 e. The first-order valence-electron chi connectivity index (χ1n) is 19.3. The molecular weight excluding hydrogens is 550 g/mol. The van der Waals surface area contributed by atoms with Gasteiger partial charge in [-0.1, -0.05) is 163 Å². The highest BCUT2D eigenvalue weighted by molar-refractivity contribution is 5.69. The van der Waals surface area contributed by atoms with Crippen LogP contribution in [0.3, 0.4) is 0 Å². The molecule has 1 N–H and O–H groups in total. The van der Waals surface area contributed by atoms with Crippen LogP contribution in [0.15, 0.2) is 0 Å². The van der Waals surface area contributed by atoms with Gasteiger partial charge in [0.15, 0.2) is 0 Å². The number of hydroxylamine groups is 2. The summed E-state index contributed by atoms with van der Waals surface area (Å²) in [5, 5.41) is 12.7. The highest BCUT2D eigenvalue weighted by Gasteiger charge is 2.20. The highest BCUT2D eigenvalue weighted by atomic mass is 16.7. The van der Waals surface area contributed by atoms with Crippen molar-refractivity contribution in [2.45, 2.75) is 207 Å². The standard InChI is InChI=1S/C38H75NO5/c1-5-9-12-15-18-19-22-25-32-43-37(41)30-26-31-39(44-38(42)27-8-4)34-36(40)33-35(28-23-20-16-13-10-6-2)29-24-21-17-14-11-7-3/h35-36,40H,5-34H2,1-4H3. The van der Waals surface area contributed by atoms with E-state index in [1.807, 2.05) is 6.92 Å². The van der Waals surface area contributed by atoms with Crippen molar-refractivity contribution < 1.29 is 24.3 Å². The lowest BCUT2D eigenvalue weighted by molar-refractivity contribution is -0.196. The highest BCUT2D eigenvalue weighted by Crippen LogP contribution is 2.24. The molecule has 0 aromatic carbocycles. The first-order chi connectivity index (χ1) is 21.5. The molecule has 0 aliphatic carbocycles. The molecule has 0 saturated heterocycles. The van der Waals surface area contributed by atoms with Crippen LogP contribution in [0.25, 0.3) is 0 Å². The third-order valence-electron chi connectivity index (χ3n) is 8.69. The van der Waals surface area contributed by atoms with Crippen LogP contribution in [0.2, 0.25) is 0 Å². The summed E-state index contributed by atoms with van der Waals surface area (Å²) < 4.78 is 5.44. The summed E-state index contributed by atoms with van der Waals surface area (Å²) in [6.07, 6.45) is 29.6. The van der Waals surface area contributed by atoms with Crippen molar-refractivity contribution in [2.24, 2.45) is 5.92 Å². The maximum atomic E-state index is 12.3. The van der Waals surface area contributed by atoms with E-state index in [4.69, 9.17) is 9.57 Å². The number of nitrogens with zero attached hydrogens (tertiary/aromatic N) is 1. The number of rotatable bonds is 34. The van der Waals surface area contributed by atoms with Gasteiger partial charge in [0, 0.05) is 19.4 Å². The van der Waals surface area contributed by atoms with Gasteiger partial charge in [0.2, 0.25) is 0 Å². The summed E-state index contributed by atoms with van der Waals surface area (Å²) in [5.41, 5.74) is 0. The number of ether oxygens (including phenoxy) is 1. The number of aliphatic hydroxyl groups is 1. The molecule has 1 atom stereocenters. The van der Waals surface area contributed by atoms with E-state index in [1.54, 1.807) is 5.06 Å². The van der Waals surface area contributed by atoms with E-state index in [0.29, 0.717) is 44.9 Å². The molecule has 0 amide bonds. The van der Waals surface area contributed by atoms with Gasteiger partial charge in [0.25, 0.3) is 0 Å². The van der Waals surface area contributed by atoms with Gasteiger partial charge in [-0.05, 0) is 31.6 Å². The zero-order valence-electron chi connectivity index (χ0n) is 29.9. The average molecular weight is 626 g/mol. The van der Waals surface area contributed by atoms with Gasteiger partial charge in [-0.15, -0.1) is 5.06 Å². The van der Waals surface area contributed by atoms with Crippen LogP contribution in [0, 0.1) is 5.92 Å². The van der Waals surface area contributed by atoms with Gasteiger partial charge in [-0.2, -0.15) is 0 Å². The van der Waals surface area contributed by atoms with E-state index >= 15 is 0 Å². The van der Waals surface area contributed by atoms with Gasteiger partial charge in [0.05, 0.1) is 19.3 Å². The van der Waals surface area contributed by atoms with Crippen molar-refractivity contribution in [3.63, 3.8) is 0 Å². The summed E-state index contributed by atoms with van der Waals surface area (Å²) in [7, 11) is 0. The second-order valence-electron chi connectivity index (χ2n) is 13.3. The number of hydrogen-bond acceptors (Lipinski definition) is 6. The Balaban J connectivity index is 4.64. The summed E-state index contributed by atoms with van der Waals surface area (Å²) >= 11 is 0. The Bertz CT molecular complexity index is 612. The third-order valence-corrected chi connectivity index (χ3v) is 8.69. The Hall–Kier alpha value is -1.14. The molecule has 0 aromatic rings. The van der Waals surface area contributed by atoms with Crippen molar-refractivity contribution in [2.75, 3.05) is 19.7 Å². The Morgan fingerprint density at radius 3 is 1.55 bits per heavy atom. The molecule has 6 nitrogen and oxygen atoms in total. The minimum atomic E-state index is -0.552. The molecular formula is C38H75NO5. The molecule has 6 heteroatoms. The molecule has 1 unspecified atom stereocenters. The normalized spacial score (nSPS) is 12.2. The van der Waals surface area contributed by atoms with Crippen LogP contribution >= 0.6 is 0 Å². The van der Waals surface area contributed by atoms with E-state index in [2.05, 4.69) is 20.8 Å². The summed E-state index contributed by atoms with van der Waals surface area (Å²) in [6, 6.07) is 0. The van der Waals surface area contributed by atoms with E-state index < -0.39 is 6.10 Å². The minimum Gasteiger partial charge on any atom is -0.466 e. The predicted octanol–water partition coefficient (Wildman–Crippen LogP) is 10.9. The number of unbranched alkanes of at least 4 members (excludes halogenated alkanes) is 17. The number of hydrogen-bond donors (Lipinski definition) is 1. The smallest absolute Gasteiger partial charge is 0.325 e. The molecule has 44 heavy (non-hydrogen) atoms. The molecule has 0 bridgehead atoms. The van der Waals surface area contributed by atoms with E-state index in [9.17, 15) is 14.7 Å². The van der Waals surface area contributed by atoms with Gasteiger partial charge < -0.3 is 14.7 Å². The van der Waals surface area contributed by atoms with Crippen molar-refractivity contribution in [3.05, 3.63) is 0 Å². The van der Waals surface area contributed by atoms with Crippen LogP contribution in [-0.2, 0) is 19.2 Å². The second-order valence-corrected chi connectivity index (χ2v) is 13.3. The van der Waals surface area contributed by atoms with Crippen LogP contribution < -0.4 is 0 Å². The molecule has 0 aliphatic rings. The van der Waals surface area contributed by atoms with Gasteiger partial charge >= 0.3 is 11.9 Å². The molecule has 0 aromatic heterocycles. The Labute approximate surface area is 273 Å². The zero-order valence-corrected chi connectivity index (χ0v) is 29.9. The Kier molecular flexibility index (Phi) is 32.4. The van der Waals surface area contributed by atoms with Crippen molar-refractivity contribution in [3.8, 4) is 0 Å². The van der Waals surface area contributed by atoms with Crippen LogP contribution in [0.1, 0.15) is 201 Å². The maximum absolute atomic E-state index is 12.3. The molecule has 0 radical (unpaired) electrons. The van der Waals surface area contributed by atoms with Crippen LogP contribution in [0.5, 0.6) is 0 Å². The van der Waals surface area contributed by atoms with Gasteiger partial charge in [-0.3, -0.25) is 9.59 Å². The second kappa shape index (κ2) is 33.2. The van der Waals surface area contributed by atoms with E-state index in [0.717, 1.165) is 25.7 Å². The van der Waals surface area contributed by atoms with Crippen LogP contribution in [0.4, 0.5) is 0 Å². The molecule has 0 fully saturated rings. The Morgan fingerprint density at radius 1 is 0.568 bits per heavy atom. The van der Waals surface area contributed by atoms with E-state index in [-0.39, 0.29) is 11.9 Å². The topological polar surface area (TPSA) is 76.1 Å². The SMILES string of the molecule is CCCCCCCCCCOC(=O)CCCN(CC(O)CC(CCCCCCCC)CCCCCCCC)OC(=O)CCC. The minimum absolute atomic E-state index is 0.189. The molecule has 0 heterocycles. The molecule has 0 saturated carbocycles. The maximum Gasteiger partial charge on any atom is 0.325 e. The molecule has 0 rings (SSSR count). The molecule has 0 aliphatic heterocycles. The van der Waals surface area contributed by atoms with Gasteiger partial charge in [-0.25, -0.2) is 0 Å². The summed E-state index contributed by atoms with van der Waals surface area (Å²) in [6.45, 7) is 9.92. The molecule has 0 spiro atoms. The van der Waals surface area contributed by atoms with Crippen LogP contribution in [-0.4, -0.2) is 47.9 Å². The fourth-order valence-electron chi connectivity index (χ4n) is 5.96. The lowest BCUT2D eigenvalue weighted by atomic mass is 9.89. The van der Waals surface area contributed by atoms with Crippen molar-refractivity contribution >= 4 is 11.9 Å². The van der Waals surface area contributed by atoms with E-state index in [1.165, 1.54) is 128 Å². The predicted molar refractivity (Wildman–Crippen MR) is 185 cm³/mol. The van der Waals surface area contributed by atoms with Crippen molar-refractivity contribution in [1.29, 1.82) is 0 Å². The third kappa shape index (κ3) is 29.6. The fraction of sp³-hybridized carbons (Fsp3) is 0.947. The number of esters is 1. The zero-order chi connectivity index (χ0) is 32.5. The first kappa shape index (κ1) is 42.9. The molecule has 262 valence electrons. The number of carbonyl (C=O) groups is 2. The monoisotopic (exact) mass is 626 g/mol. The lowest BCUT2D eigenvalue weighted by Crippen LogP contribution is -2.36. The number of aliphatic hydroxyl groups excluding tert-OH is 1. The van der Waals surface area contributed by atoms with Crippen molar-refractivity contribution in [1.82, 2.24) is 5.06 Å². The summed E-state index contributed by atoms with van der Waals surface area (Å²) in [5.74, 6) is 0.0424. The lowest BCUT2D eigenvalue weighted by Gasteiger charge is -2.26. The quantitative estimate of drug-likeness (QED) is 0.0435. The average Bonchev–Trinajstić information content (AvgIpc) is 2.99. The Morgan fingerprint density at radius 2 is 1.05 bits per heavy atom. The number of carbonyl (C=O) groups excluding carboxylic acids is 2.